The highest BCUT2D eigenvalue weighted by Gasteiger charge is 2.04. The molecule has 0 aliphatic rings. The van der Waals surface area contributed by atoms with Crippen LogP contribution in [-0.2, 0) is 6.54 Å². The first-order chi connectivity index (χ1) is 7.26. The summed E-state index contributed by atoms with van der Waals surface area (Å²) < 4.78 is 0. The number of hydrogen-bond donors (Lipinski definition) is 2. The molecule has 0 fully saturated rings. The van der Waals surface area contributed by atoms with E-state index in [4.69, 9.17) is 5.11 Å². The maximum atomic E-state index is 9.08. The molecule has 1 atom stereocenters. The zero-order chi connectivity index (χ0) is 11.1. The highest BCUT2D eigenvalue weighted by molar-refractivity contribution is 5.17. The number of hydrogen-bond acceptors (Lipinski definition) is 3. The smallest absolute Gasteiger partial charge is 0.133 e. The zero-order valence-corrected chi connectivity index (χ0v) is 9.53. The predicted octanol–water partition coefficient (Wildman–Crippen LogP) is 2.46. The van der Waals surface area contributed by atoms with E-state index in [2.05, 4.69) is 24.1 Å². The van der Waals surface area contributed by atoms with E-state index in [1.54, 1.807) is 6.07 Å². The summed E-state index contributed by atoms with van der Waals surface area (Å²) in [6.45, 7) is 5.17. The Balaban J connectivity index is 2.38. The topological polar surface area (TPSA) is 45.1 Å². The van der Waals surface area contributed by atoms with Crippen molar-refractivity contribution in [3.05, 3.63) is 24.0 Å². The first-order valence-electron chi connectivity index (χ1n) is 5.63. The van der Waals surface area contributed by atoms with E-state index in [-0.39, 0.29) is 5.75 Å². The quantitative estimate of drug-likeness (QED) is 0.754. The largest absolute Gasteiger partial charge is 0.506 e. The Labute approximate surface area is 91.5 Å². The zero-order valence-electron chi connectivity index (χ0n) is 9.53. The van der Waals surface area contributed by atoms with Gasteiger partial charge >= 0.3 is 0 Å². The summed E-state index contributed by atoms with van der Waals surface area (Å²) in [6.07, 6.45) is 5.03. The Hall–Kier alpha value is -1.09. The minimum Gasteiger partial charge on any atom is -0.506 e. The molecule has 0 saturated heterocycles. The summed E-state index contributed by atoms with van der Waals surface area (Å²) in [4.78, 5) is 4.13. The fourth-order valence-corrected chi connectivity index (χ4v) is 1.57. The van der Waals surface area contributed by atoms with Gasteiger partial charge in [0.15, 0.2) is 0 Å². The Morgan fingerprint density at radius 3 is 2.73 bits per heavy atom. The fourth-order valence-electron chi connectivity index (χ4n) is 1.57. The van der Waals surface area contributed by atoms with Crippen LogP contribution in [0.2, 0.25) is 0 Å². The summed E-state index contributed by atoms with van der Waals surface area (Å²) in [5.41, 5.74) is 0.974. The Morgan fingerprint density at radius 1 is 1.40 bits per heavy atom. The molecule has 3 nitrogen and oxygen atoms in total. The molecule has 15 heavy (non-hydrogen) atoms. The van der Waals surface area contributed by atoms with Crippen LogP contribution in [0.15, 0.2) is 18.3 Å². The molecule has 0 amide bonds. The van der Waals surface area contributed by atoms with Crippen LogP contribution in [0.5, 0.6) is 5.75 Å². The lowest BCUT2D eigenvalue weighted by Gasteiger charge is -2.15. The summed E-state index contributed by atoms with van der Waals surface area (Å²) in [7, 11) is 0. The number of rotatable bonds is 6. The van der Waals surface area contributed by atoms with Crippen LogP contribution in [0.3, 0.4) is 0 Å². The van der Waals surface area contributed by atoms with Crippen LogP contribution in [0.4, 0.5) is 0 Å². The molecule has 1 rings (SSSR count). The number of pyridine rings is 1. The Kier molecular flexibility index (Phi) is 5.12. The van der Waals surface area contributed by atoms with Crippen molar-refractivity contribution in [2.75, 3.05) is 0 Å². The van der Waals surface area contributed by atoms with Crippen molar-refractivity contribution in [1.82, 2.24) is 10.3 Å². The van der Waals surface area contributed by atoms with Crippen molar-refractivity contribution in [1.29, 1.82) is 0 Å². The van der Waals surface area contributed by atoms with E-state index >= 15 is 0 Å². The Bertz CT molecular complexity index is 271. The molecule has 1 unspecified atom stereocenters. The molecule has 0 bridgehead atoms. The molecule has 2 N–H and O–H groups in total. The lowest BCUT2D eigenvalue weighted by atomic mass is 10.1. The van der Waals surface area contributed by atoms with Gasteiger partial charge in [-0.25, -0.2) is 0 Å². The van der Waals surface area contributed by atoms with Crippen molar-refractivity contribution >= 4 is 0 Å². The van der Waals surface area contributed by atoms with Gasteiger partial charge in [-0.15, -0.1) is 0 Å². The van der Waals surface area contributed by atoms with Crippen molar-refractivity contribution in [2.45, 2.75) is 45.7 Å². The third-order valence-electron chi connectivity index (χ3n) is 2.51. The van der Waals surface area contributed by atoms with Crippen LogP contribution in [-0.4, -0.2) is 16.1 Å². The van der Waals surface area contributed by atoms with Gasteiger partial charge in [0.25, 0.3) is 0 Å². The number of aromatic hydroxyl groups is 1. The second-order valence-electron chi connectivity index (χ2n) is 3.78. The Morgan fingerprint density at radius 2 is 2.20 bits per heavy atom. The van der Waals surface area contributed by atoms with Crippen LogP contribution >= 0.6 is 0 Å². The molecule has 0 aromatic carbocycles. The van der Waals surface area contributed by atoms with Gasteiger partial charge in [0.1, 0.15) is 5.75 Å². The molecular formula is C12H20N2O. The van der Waals surface area contributed by atoms with E-state index in [9.17, 15) is 0 Å². The standard InChI is InChI=1S/C12H20N2O/c1-3-5-10(4-2)13-8-11-6-7-12(15)9-14-11/h6-7,9-10,13,15H,3-5,8H2,1-2H3. The van der Waals surface area contributed by atoms with Crippen molar-refractivity contribution in [3.8, 4) is 5.75 Å². The van der Waals surface area contributed by atoms with Crippen molar-refractivity contribution in [3.63, 3.8) is 0 Å². The second kappa shape index (κ2) is 6.40. The van der Waals surface area contributed by atoms with E-state index < -0.39 is 0 Å². The predicted molar refractivity (Wildman–Crippen MR) is 61.7 cm³/mol. The first-order valence-corrected chi connectivity index (χ1v) is 5.63. The molecule has 1 aromatic rings. The average molecular weight is 208 g/mol. The monoisotopic (exact) mass is 208 g/mol. The van der Waals surface area contributed by atoms with Crippen LogP contribution in [0, 0.1) is 0 Å². The molecule has 1 aromatic heterocycles. The molecule has 3 heteroatoms. The molecule has 0 radical (unpaired) electrons. The third kappa shape index (κ3) is 4.30. The van der Waals surface area contributed by atoms with E-state index in [1.807, 2.05) is 6.07 Å². The summed E-state index contributed by atoms with van der Waals surface area (Å²) >= 11 is 0. The van der Waals surface area contributed by atoms with Gasteiger partial charge in [0.05, 0.1) is 11.9 Å². The van der Waals surface area contributed by atoms with Gasteiger partial charge in [-0.2, -0.15) is 0 Å². The van der Waals surface area contributed by atoms with Crippen LogP contribution in [0.25, 0.3) is 0 Å². The number of aromatic nitrogens is 1. The molecule has 0 saturated carbocycles. The lowest BCUT2D eigenvalue weighted by Crippen LogP contribution is -2.27. The second-order valence-corrected chi connectivity index (χ2v) is 3.78. The van der Waals surface area contributed by atoms with Gasteiger partial charge in [-0.05, 0) is 25.0 Å². The highest BCUT2D eigenvalue weighted by Crippen LogP contribution is 2.07. The molecule has 0 aliphatic heterocycles. The lowest BCUT2D eigenvalue weighted by molar-refractivity contribution is 0.456. The minimum atomic E-state index is 0.222. The average Bonchev–Trinajstić information content (AvgIpc) is 2.26. The summed E-state index contributed by atoms with van der Waals surface area (Å²) in [5.74, 6) is 0.222. The molecular weight excluding hydrogens is 188 g/mol. The fraction of sp³-hybridized carbons (Fsp3) is 0.583. The number of nitrogens with one attached hydrogen (secondary N) is 1. The summed E-state index contributed by atoms with van der Waals surface area (Å²) in [5, 5.41) is 12.5. The van der Waals surface area contributed by atoms with Crippen molar-refractivity contribution in [2.24, 2.45) is 0 Å². The van der Waals surface area contributed by atoms with Crippen LogP contribution in [0.1, 0.15) is 38.8 Å². The minimum absolute atomic E-state index is 0.222. The van der Waals surface area contributed by atoms with Gasteiger partial charge in [0.2, 0.25) is 0 Å². The maximum Gasteiger partial charge on any atom is 0.133 e. The van der Waals surface area contributed by atoms with Gasteiger partial charge in [-0.1, -0.05) is 20.3 Å². The van der Waals surface area contributed by atoms with E-state index in [0.29, 0.717) is 6.04 Å². The van der Waals surface area contributed by atoms with E-state index in [1.165, 1.54) is 19.0 Å². The normalized spacial score (nSPS) is 12.7. The first kappa shape index (κ1) is 12.0. The maximum absolute atomic E-state index is 9.08. The van der Waals surface area contributed by atoms with Gasteiger partial charge in [0, 0.05) is 12.6 Å². The molecule has 0 aliphatic carbocycles. The van der Waals surface area contributed by atoms with Crippen LogP contribution < -0.4 is 5.32 Å². The number of nitrogens with zero attached hydrogens (tertiary/aromatic N) is 1. The SMILES string of the molecule is CCCC(CC)NCc1ccc(O)cn1. The van der Waals surface area contributed by atoms with Gasteiger partial charge < -0.3 is 10.4 Å². The molecule has 0 spiro atoms. The highest BCUT2D eigenvalue weighted by atomic mass is 16.3. The third-order valence-corrected chi connectivity index (χ3v) is 2.51. The van der Waals surface area contributed by atoms with Crippen molar-refractivity contribution < 1.29 is 5.11 Å². The molecule has 84 valence electrons. The van der Waals surface area contributed by atoms with Gasteiger partial charge in [-0.3, -0.25) is 4.98 Å². The summed E-state index contributed by atoms with van der Waals surface area (Å²) in [6, 6.07) is 4.09. The molecule has 1 heterocycles. The van der Waals surface area contributed by atoms with E-state index in [0.717, 1.165) is 18.7 Å².